The zero-order chi connectivity index (χ0) is 26.4. The lowest BCUT2D eigenvalue weighted by atomic mass is 9.95. The van der Waals surface area contributed by atoms with Crippen LogP contribution in [0.1, 0.15) is 102 Å². The number of aromatic nitrogens is 1. The summed E-state index contributed by atoms with van der Waals surface area (Å²) < 4.78 is 17.1. The number of carboxylic acid groups (broad SMARTS) is 1. The maximum Gasteiger partial charge on any atom is 0.305 e. The van der Waals surface area contributed by atoms with E-state index in [1.165, 1.54) is 12.5 Å². The van der Waals surface area contributed by atoms with Crippen molar-refractivity contribution in [3.8, 4) is 0 Å². The van der Waals surface area contributed by atoms with E-state index in [0.29, 0.717) is 17.6 Å². The van der Waals surface area contributed by atoms with Crippen LogP contribution in [0, 0.1) is 11.7 Å². The Morgan fingerprint density at radius 1 is 1.14 bits per heavy atom. The summed E-state index contributed by atoms with van der Waals surface area (Å²) in [5.41, 5.74) is 0.325. The molecule has 36 heavy (non-hydrogen) atoms. The Morgan fingerprint density at radius 2 is 1.81 bits per heavy atom. The van der Waals surface area contributed by atoms with Crippen LogP contribution in [0.5, 0.6) is 0 Å². The molecule has 0 spiro atoms. The summed E-state index contributed by atoms with van der Waals surface area (Å²) in [6.45, 7) is 7.96. The summed E-state index contributed by atoms with van der Waals surface area (Å²) in [6.07, 6.45) is 8.75. The second-order valence-electron chi connectivity index (χ2n) is 10.5. The average Bonchev–Trinajstić information content (AvgIpc) is 2.82. The molecule has 3 rings (SSSR count). The van der Waals surface area contributed by atoms with Crippen LogP contribution in [0.3, 0.4) is 0 Å². The van der Waals surface area contributed by atoms with Gasteiger partial charge >= 0.3 is 5.97 Å². The van der Waals surface area contributed by atoms with Crippen molar-refractivity contribution in [3.63, 3.8) is 0 Å². The smallest absolute Gasteiger partial charge is 0.305 e. The maximum absolute atomic E-state index is 15.2. The van der Waals surface area contributed by atoms with Gasteiger partial charge in [-0.3, -0.25) is 14.4 Å². The van der Waals surface area contributed by atoms with Gasteiger partial charge in [0.15, 0.2) is 0 Å². The van der Waals surface area contributed by atoms with Crippen molar-refractivity contribution in [1.82, 2.24) is 9.88 Å². The van der Waals surface area contributed by atoms with E-state index in [9.17, 15) is 19.5 Å². The van der Waals surface area contributed by atoms with Crippen LogP contribution in [0.15, 0.2) is 23.1 Å². The predicted octanol–water partition coefficient (Wildman–Crippen LogP) is 5.87. The van der Waals surface area contributed by atoms with Gasteiger partial charge in [-0.15, -0.1) is 0 Å². The number of pyridine rings is 1. The first kappa shape index (κ1) is 27.7. The summed E-state index contributed by atoms with van der Waals surface area (Å²) in [4.78, 5) is 38.0. The van der Waals surface area contributed by atoms with Gasteiger partial charge in [-0.1, -0.05) is 47.0 Å². The van der Waals surface area contributed by atoms with E-state index < -0.39 is 29.2 Å². The summed E-state index contributed by atoms with van der Waals surface area (Å²) in [5.74, 6) is -1.99. The van der Waals surface area contributed by atoms with Crippen LogP contribution >= 0.6 is 0 Å². The number of amides is 1. The highest BCUT2D eigenvalue weighted by Gasteiger charge is 2.24. The highest BCUT2D eigenvalue weighted by atomic mass is 19.1. The molecule has 8 heteroatoms. The van der Waals surface area contributed by atoms with Gasteiger partial charge in [0.1, 0.15) is 11.4 Å². The number of carbonyl (C=O) groups excluding carboxylic acids is 1. The lowest BCUT2D eigenvalue weighted by Gasteiger charge is -2.26. The fourth-order valence-corrected chi connectivity index (χ4v) is 5.33. The van der Waals surface area contributed by atoms with Gasteiger partial charge < -0.3 is 20.3 Å². The Morgan fingerprint density at radius 3 is 2.39 bits per heavy atom. The molecule has 7 nitrogen and oxygen atoms in total. The third-order valence-electron chi connectivity index (χ3n) is 7.18. The van der Waals surface area contributed by atoms with E-state index in [2.05, 4.69) is 10.6 Å². The number of nitrogens with one attached hydrogen (secondary N) is 2. The molecule has 1 aliphatic rings. The van der Waals surface area contributed by atoms with Crippen molar-refractivity contribution >= 4 is 28.5 Å². The Hall–Kier alpha value is -2.90. The highest BCUT2D eigenvalue weighted by molar-refractivity contribution is 5.98. The zero-order valence-electron chi connectivity index (χ0n) is 21.9. The van der Waals surface area contributed by atoms with E-state index in [1.807, 2.05) is 32.3 Å². The number of fused-ring (bicyclic) bond motifs is 1. The quantitative estimate of drug-likeness (QED) is 0.358. The Labute approximate surface area is 212 Å². The molecule has 1 aliphatic carbocycles. The molecule has 0 bridgehead atoms. The lowest BCUT2D eigenvalue weighted by Crippen LogP contribution is -2.40. The van der Waals surface area contributed by atoms with Gasteiger partial charge in [0.25, 0.3) is 5.91 Å². The zero-order valence-corrected chi connectivity index (χ0v) is 21.9. The first-order valence-electron chi connectivity index (χ1n) is 13.3. The topological polar surface area (TPSA) is 100 Å². The van der Waals surface area contributed by atoms with E-state index in [-0.39, 0.29) is 35.4 Å². The second kappa shape index (κ2) is 12.4. The molecular formula is C28H40FN3O4. The third-order valence-corrected chi connectivity index (χ3v) is 7.18. The van der Waals surface area contributed by atoms with Crippen LogP contribution in [-0.2, 0) is 4.79 Å². The molecule has 1 saturated carbocycles. The Bertz CT molecular complexity index is 1130. The summed E-state index contributed by atoms with van der Waals surface area (Å²) >= 11 is 0. The number of hydrogen-bond acceptors (Lipinski definition) is 4. The minimum absolute atomic E-state index is 0.0122. The second-order valence-corrected chi connectivity index (χ2v) is 10.5. The number of rotatable bonds is 11. The number of nitrogens with zero attached hydrogens (tertiary/aromatic N) is 1. The monoisotopic (exact) mass is 501 g/mol. The number of carbonyl (C=O) groups is 2. The molecule has 1 aromatic carbocycles. The van der Waals surface area contributed by atoms with Gasteiger partial charge in [0, 0.05) is 29.7 Å². The molecule has 0 radical (unpaired) electrons. The number of benzene rings is 1. The van der Waals surface area contributed by atoms with E-state index in [0.717, 1.165) is 38.5 Å². The number of aliphatic carboxylic acids is 1. The van der Waals surface area contributed by atoms with Gasteiger partial charge in [-0.05, 0) is 50.2 Å². The van der Waals surface area contributed by atoms with Crippen LogP contribution in [0.25, 0.3) is 10.9 Å². The minimum atomic E-state index is -1.02. The van der Waals surface area contributed by atoms with E-state index >= 15 is 4.39 Å². The standard InChI is InChI=1S/C28H40FN3O4/c1-5-20(6-2)32-16-22(28(36)31-19(12-17(3)4)13-26(33)34)27(35)21-14-23(29)24(15-25(21)32)30-18-10-8-7-9-11-18/h14-20,30H,5-13H2,1-4H3,(H,31,36)(H,33,34). The van der Waals surface area contributed by atoms with Gasteiger partial charge in [-0.2, -0.15) is 0 Å². The van der Waals surface area contributed by atoms with Crippen LogP contribution < -0.4 is 16.1 Å². The largest absolute Gasteiger partial charge is 0.481 e. The average molecular weight is 502 g/mol. The fourth-order valence-electron chi connectivity index (χ4n) is 5.33. The molecule has 0 saturated heterocycles. The van der Waals surface area contributed by atoms with Crippen LogP contribution in [0.4, 0.5) is 10.1 Å². The van der Waals surface area contributed by atoms with Crippen molar-refractivity contribution in [2.24, 2.45) is 5.92 Å². The van der Waals surface area contributed by atoms with Gasteiger partial charge in [0.2, 0.25) is 5.43 Å². The van der Waals surface area contributed by atoms with Crippen LogP contribution in [-0.4, -0.2) is 33.6 Å². The summed E-state index contributed by atoms with van der Waals surface area (Å²) in [7, 11) is 0. The fraction of sp³-hybridized carbons (Fsp3) is 0.607. The Kier molecular flexibility index (Phi) is 9.51. The molecule has 1 fully saturated rings. The molecule has 0 aliphatic heterocycles. The van der Waals surface area contributed by atoms with Crippen molar-refractivity contribution < 1.29 is 19.1 Å². The molecular weight excluding hydrogens is 461 g/mol. The van der Waals surface area contributed by atoms with Crippen LogP contribution in [0.2, 0.25) is 0 Å². The van der Waals surface area contributed by atoms with Crippen molar-refractivity contribution in [1.29, 1.82) is 0 Å². The first-order chi connectivity index (χ1) is 17.1. The minimum Gasteiger partial charge on any atom is -0.481 e. The summed E-state index contributed by atoms with van der Waals surface area (Å²) in [6, 6.07) is 2.55. The normalized spacial score (nSPS) is 15.4. The van der Waals surface area contributed by atoms with Crippen molar-refractivity contribution in [3.05, 3.63) is 39.9 Å². The number of hydrogen-bond donors (Lipinski definition) is 3. The SMILES string of the molecule is CCC(CC)n1cc(C(=O)NC(CC(=O)O)CC(C)C)c(=O)c2cc(F)c(NC3CCCCC3)cc21. The Balaban J connectivity index is 2.07. The molecule has 1 unspecified atom stereocenters. The van der Waals surface area contributed by atoms with Crippen molar-refractivity contribution in [2.45, 2.75) is 104 Å². The molecule has 198 valence electrons. The molecule has 1 amide bonds. The molecule has 1 aromatic heterocycles. The lowest BCUT2D eigenvalue weighted by molar-refractivity contribution is -0.137. The highest BCUT2D eigenvalue weighted by Crippen LogP contribution is 2.29. The van der Waals surface area contributed by atoms with Gasteiger partial charge in [-0.25, -0.2) is 4.39 Å². The molecule has 3 N–H and O–H groups in total. The van der Waals surface area contributed by atoms with E-state index in [1.54, 1.807) is 12.3 Å². The van der Waals surface area contributed by atoms with Crippen molar-refractivity contribution in [2.75, 3.05) is 5.32 Å². The number of carboxylic acids is 1. The van der Waals surface area contributed by atoms with Gasteiger partial charge in [0.05, 0.1) is 17.6 Å². The molecule has 1 atom stereocenters. The first-order valence-corrected chi connectivity index (χ1v) is 13.3. The van der Waals surface area contributed by atoms with E-state index in [4.69, 9.17) is 0 Å². The number of halogens is 1. The molecule has 1 heterocycles. The number of anilines is 1. The maximum atomic E-state index is 15.2. The summed E-state index contributed by atoms with van der Waals surface area (Å²) in [5, 5.41) is 15.5. The molecule has 2 aromatic rings. The predicted molar refractivity (Wildman–Crippen MR) is 141 cm³/mol. The third kappa shape index (κ3) is 6.65.